The third-order valence-electron chi connectivity index (χ3n) is 3.20. The fourth-order valence-electron chi connectivity index (χ4n) is 2.04. The summed E-state index contributed by atoms with van der Waals surface area (Å²) in [5, 5.41) is 6.68. The highest BCUT2D eigenvalue weighted by Crippen LogP contribution is 2.18. The van der Waals surface area contributed by atoms with E-state index in [1.807, 2.05) is 26.0 Å². The van der Waals surface area contributed by atoms with Crippen LogP contribution in [0.15, 0.2) is 24.4 Å². The largest absolute Gasteiger partial charge is 0.464 e. The summed E-state index contributed by atoms with van der Waals surface area (Å²) in [6.45, 7) is 3.78. The van der Waals surface area contributed by atoms with Crippen molar-refractivity contribution in [1.29, 1.82) is 0 Å². The van der Waals surface area contributed by atoms with E-state index >= 15 is 0 Å². The van der Waals surface area contributed by atoms with E-state index in [1.54, 1.807) is 13.1 Å². The van der Waals surface area contributed by atoms with Gasteiger partial charge in [-0.1, -0.05) is 17.7 Å². The monoisotopic (exact) mass is 287 g/mol. The number of carbonyl (C=O) groups is 2. The number of rotatable bonds is 3. The first-order chi connectivity index (χ1) is 9.93. The number of benzene rings is 1. The van der Waals surface area contributed by atoms with Crippen LogP contribution in [0, 0.1) is 13.8 Å². The number of hydrogen-bond acceptors (Lipinski definition) is 4. The Morgan fingerprint density at radius 1 is 1.29 bits per heavy atom. The molecule has 2 rings (SSSR count). The van der Waals surface area contributed by atoms with Gasteiger partial charge in [0, 0.05) is 12.6 Å². The zero-order valence-corrected chi connectivity index (χ0v) is 12.4. The third kappa shape index (κ3) is 2.94. The summed E-state index contributed by atoms with van der Waals surface area (Å²) >= 11 is 0. The maximum atomic E-state index is 12.4. The number of esters is 1. The molecule has 0 fully saturated rings. The van der Waals surface area contributed by atoms with E-state index in [1.165, 1.54) is 18.0 Å². The molecule has 0 aliphatic rings. The zero-order valence-electron chi connectivity index (χ0n) is 12.4. The highest BCUT2D eigenvalue weighted by atomic mass is 16.5. The number of carbonyl (C=O) groups excluding carboxylic acids is 2. The summed E-state index contributed by atoms with van der Waals surface area (Å²) in [5.41, 5.74) is 2.95. The van der Waals surface area contributed by atoms with Crippen LogP contribution >= 0.6 is 0 Å². The van der Waals surface area contributed by atoms with Gasteiger partial charge in [-0.2, -0.15) is 5.10 Å². The third-order valence-corrected chi connectivity index (χ3v) is 3.20. The fraction of sp³-hybridized carbons (Fsp3) is 0.267. The first kappa shape index (κ1) is 14.8. The van der Waals surface area contributed by atoms with Crippen LogP contribution in [0.1, 0.15) is 32.0 Å². The van der Waals surface area contributed by atoms with E-state index in [9.17, 15) is 9.59 Å². The van der Waals surface area contributed by atoms with Crippen molar-refractivity contribution >= 4 is 17.6 Å². The average Bonchev–Trinajstić information content (AvgIpc) is 2.81. The first-order valence-corrected chi connectivity index (χ1v) is 6.43. The molecule has 1 N–H and O–H groups in total. The number of ether oxygens (including phenoxy) is 1. The van der Waals surface area contributed by atoms with Crippen molar-refractivity contribution in [3.8, 4) is 0 Å². The minimum atomic E-state index is -0.550. The van der Waals surface area contributed by atoms with Crippen molar-refractivity contribution in [2.45, 2.75) is 13.8 Å². The van der Waals surface area contributed by atoms with E-state index in [2.05, 4.69) is 10.4 Å². The standard InChI is InChI=1S/C15H17N3O3/c1-9-5-6-10(2)11(7-9)14(19)17-12-8-16-18(3)13(12)15(20)21-4/h5-8H,1-4H3,(H,17,19). The number of amides is 1. The Balaban J connectivity index is 2.32. The smallest absolute Gasteiger partial charge is 0.358 e. The number of aryl methyl sites for hydroxylation is 3. The second-order valence-corrected chi connectivity index (χ2v) is 4.79. The maximum Gasteiger partial charge on any atom is 0.358 e. The molecule has 0 radical (unpaired) electrons. The molecule has 0 bridgehead atoms. The molecule has 0 saturated heterocycles. The number of anilines is 1. The maximum absolute atomic E-state index is 12.4. The number of nitrogens with one attached hydrogen (secondary N) is 1. The van der Waals surface area contributed by atoms with Crippen LogP contribution in [0.25, 0.3) is 0 Å². The van der Waals surface area contributed by atoms with Crippen LogP contribution in [-0.2, 0) is 11.8 Å². The number of aromatic nitrogens is 2. The Morgan fingerprint density at radius 2 is 2.00 bits per heavy atom. The highest BCUT2D eigenvalue weighted by Gasteiger charge is 2.20. The highest BCUT2D eigenvalue weighted by molar-refractivity contribution is 6.08. The minimum Gasteiger partial charge on any atom is -0.464 e. The van der Waals surface area contributed by atoms with Crippen molar-refractivity contribution in [3.63, 3.8) is 0 Å². The first-order valence-electron chi connectivity index (χ1n) is 6.43. The van der Waals surface area contributed by atoms with Crippen molar-refractivity contribution in [2.24, 2.45) is 7.05 Å². The summed E-state index contributed by atoms with van der Waals surface area (Å²) in [6, 6.07) is 5.63. The zero-order chi connectivity index (χ0) is 15.6. The van der Waals surface area contributed by atoms with Crippen LogP contribution in [0.2, 0.25) is 0 Å². The molecule has 0 aliphatic heterocycles. The normalized spacial score (nSPS) is 10.3. The fourth-order valence-corrected chi connectivity index (χ4v) is 2.04. The molecule has 110 valence electrons. The van der Waals surface area contributed by atoms with Gasteiger partial charge in [-0.3, -0.25) is 9.48 Å². The number of hydrogen-bond donors (Lipinski definition) is 1. The summed E-state index contributed by atoms with van der Waals surface area (Å²) in [4.78, 5) is 24.1. The lowest BCUT2D eigenvalue weighted by Gasteiger charge is -2.09. The van der Waals surface area contributed by atoms with Crippen LogP contribution < -0.4 is 5.32 Å². The van der Waals surface area contributed by atoms with Crippen LogP contribution in [0.3, 0.4) is 0 Å². The lowest BCUT2D eigenvalue weighted by molar-refractivity contribution is 0.0589. The number of methoxy groups -OCH3 is 1. The van der Waals surface area contributed by atoms with Crippen molar-refractivity contribution in [1.82, 2.24) is 9.78 Å². The van der Waals surface area contributed by atoms with E-state index in [4.69, 9.17) is 4.74 Å². The number of nitrogens with zero attached hydrogens (tertiary/aromatic N) is 2. The molecular formula is C15H17N3O3. The van der Waals surface area contributed by atoms with Crippen LogP contribution in [0.4, 0.5) is 5.69 Å². The van der Waals surface area contributed by atoms with Gasteiger partial charge in [-0.05, 0) is 25.5 Å². The van der Waals surface area contributed by atoms with Gasteiger partial charge in [0.25, 0.3) is 5.91 Å². The molecule has 0 saturated carbocycles. The molecule has 1 heterocycles. The second-order valence-electron chi connectivity index (χ2n) is 4.79. The Labute approximate surface area is 122 Å². The second kappa shape index (κ2) is 5.78. The van der Waals surface area contributed by atoms with Crippen LogP contribution in [0.5, 0.6) is 0 Å². The van der Waals surface area contributed by atoms with E-state index in [0.29, 0.717) is 11.3 Å². The summed E-state index contributed by atoms with van der Waals surface area (Å²) in [5.74, 6) is -0.833. The predicted octanol–water partition coefficient (Wildman–Crippen LogP) is 2.08. The molecule has 6 heteroatoms. The molecule has 0 unspecified atom stereocenters. The molecule has 0 spiro atoms. The van der Waals surface area contributed by atoms with Gasteiger partial charge in [0.05, 0.1) is 19.0 Å². The van der Waals surface area contributed by atoms with Crippen LogP contribution in [-0.4, -0.2) is 28.8 Å². The van der Waals surface area contributed by atoms with Gasteiger partial charge in [0.1, 0.15) is 0 Å². The van der Waals surface area contributed by atoms with E-state index in [-0.39, 0.29) is 11.6 Å². The lowest BCUT2D eigenvalue weighted by atomic mass is 10.1. The summed E-state index contributed by atoms with van der Waals surface area (Å²) in [6.07, 6.45) is 1.43. The van der Waals surface area contributed by atoms with Gasteiger partial charge in [0.2, 0.25) is 0 Å². The van der Waals surface area contributed by atoms with E-state index < -0.39 is 5.97 Å². The molecule has 1 amide bonds. The Bertz CT molecular complexity index is 704. The van der Waals surface area contributed by atoms with Crippen molar-refractivity contribution < 1.29 is 14.3 Å². The quantitative estimate of drug-likeness (QED) is 0.877. The summed E-state index contributed by atoms with van der Waals surface area (Å²) in [7, 11) is 2.89. The van der Waals surface area contributed by atoms with E-state index in [0.717, 1.165) is 11.1 Å². The molecule has 1 aromatic heterocycles. The van der Waals surface area contributed by atoms with Crippen molar-refractivity contribution in [3.05, 3.63) is 46.8 Å². The molecule has 2 aromatic rings. The predicted molar refractivity (Wildman–Crippen MR) is 78.4 cm³/mol. The lowest BCUT2D eigenvalue weighted by Crippen LogP contribution is -2.17. The molecule has 6 nitrogen and oxygen atoms in total. The molecule has 21 heavy (non-hydrogen) atoms. The topological polar surface area (TPSA) is 73.2 Å². The molecular weight excluding hydrogens is 270 g/mol. The van der Waals surface area contributed by atoms with Gasteiger partial charge < -0.3 is 10.1 Å². The van der Waals surface area contributed by atoms with Gasteiger partial charge in [-0.15, -0.1) is 0 Å². The molecule has 1 aromatic carbocycles. The summed E-state index contributed by atoms with van der Waals surface area (Å²) < 4.78 is 6.06. The van der Waals surface area contributed by atoms with Gasteiger partial charge in [-0.25, -0.2) is 4.79 Å². The van der Waals surface area contributed by atoms with Gasteiger partial charge in [0.15, 0.2) is 5.69 Å². The Kier molecular flexibility index (Phi) is 4.07. The minimum absolute atomic E-state index is 0.205. The Morgan fingerprint density at radius 3 is 2.67 bits per heavy atom. The SMILES string of the molecule is COC(=O)c1c(NC(=O)c2cc(C)ccc2C)cnn1C. The molecule has 0 aliphatic carbocycles. The van der Waals surface area contributed by atoms with Gasteiger partial charge >= 0.3 is 5.97 Å². The average molecular weight is 287 g/mol. The van der Waals surface area contributed by atoms with Crippen molar-refractivity contribution in [2.75, 3.05) is 12.4 Å². The Hall–Kier alpha value is -2.63. The molecule has 0 atom stereocenters.